The average Bonchev–Trinajstić information content (AvgIpc) is 3.11. The molecule has 0 N–H and O–H groups in total. The molecule has 172 valence electrons. The van der Waals surface area contributed by atoms with Gasteiger partial charge in [0.15, 0.2) is 0 Å². The van der Waals surface area contributed by atoms with Gasteiger partial charge in [0.2, 0.25) is 5.91 Å². The van der Waals surface area contributed by atoms with Crippen molar-refractivity contribution in [2.24, 2.45) is 5.92 Å². The Balaban J connectivity index is 1.88. The lowest BCUT2D eigenvalue weighted by Crippen LogP contribution is -2.48. The maximum absolute atomic E-state index is 13.2. The van der Waals surface area contributed by atoms with Gasteiger partial charge in [-0.15, -0.1) is 0 Å². The first-order chi connectivity index (χ1) is 15.3. The summed E-state index contributed by atoms with van der Waals surface area (Å²) in [6.07, 6.45) is 1.30. The zero-order chi connectivity index (χ0) is 23.4. The lowest BCUT2D eigenvalue weighted by Gasteiger charge is -2.34. The third-order valence-electron chi connectivity index (χ3n) is 5.65. The summed E-state index contributed by atoms with van der Waals surface area (Å²) in [4.78, 5) is 65.1. The van der Waals surface area contributed by atoms with Crippen molar-refractivity contribution in [1.82, 2.24) is 4.90 Å². The van der Waals surface area contributed by atoms with Crippen molar-refractivity contribution < 1.29 is 38.2 Å². The van der Waals surface area contributed by atoms with Crippen LogP contribution in [0.1, 0.15) is 46.9 Å². The number of hydrogen-bond acceptors (Lipinski definition) is 9. The smallest absolute Gasteiger partial charge is 0.337 e. The Labute approximate surface area is 185 Å². The van der Waals surface area contributed by atoms with Crippen molar-refractivity contribution in [1.29, 1.82) is 0 Å². The van der Waals surface area contributed by atoms with E-state index in [4.69, 9.17) is 14.2 Å². The van der Waals surface area contributed by atoms with Crippen LogP contribution in [0.3, 0.4) is 0 Å². The average molecular weight is 446 g/mol. The largest absolute Gasteiger partial charge is 0.466 e. The van der Waals surface area contributed by atoms with Gasteiger partial charge >= 0.3 is 17.9 Å². The van der Waals surface area contributed by atoms with Crippen molar-refractivity contribution in [2.45, 2.75) is 32.2 Å². The molecule has 2 heterocycles. The molecule has 0 spiro atoms. The maximum atomic E-state index is 13.2. The van der Waals surface area contributed by atoms with Gasteiger partial charge in [-0.2, -0.15) is 0 Å². The van der Waals surface area contributed by atoms with E-state index < -0.39 is 29.8 Å². The van der Waals surface area contributed by atoms with Crippen molar-refractivity contribution >= 4 is 35.4 Å². The second-order valence-electron chi connectivity index (χ2n) is 7.63. The molecule has 2 aliphatic heterocycles. The standard InChI is InChI=1S/C22H26N2O8/c1-4-32-22(29)13-6-5-7-23(12-13)17-11-18(25)24(19(17)26)16-9-14(20(27)30-2)8-15(10-16)21(28)31-3/h8-10,13,17H,4-7,11-12H2,1-3H3/t13-,17-/m1/s1. The lowest BCUT2D eigenvalue weighted by molar-refractivity contribution is -0.150. The van der Waals surface area contributed by atoms with Gasteiger partial charge < -0.3 is 14.2 Å². The van der Waals surface area contributed by atoms with Crippen LogP contribution in [0.5, 0.6) is 0 Å². The number of benzene rings is 1. The van der Waals surface area contributed by atoms with Gasteiger partial charge in [0.1, 0.15) is 0 Å². The molecule has 2 saturated heterocycles. The van der Waals surface area contributed by atoms with Crippen LogP contribution in [-0.2, 0) is 28.6 Å². The summed E-state index contributed by atoms with van der Waals surface area (Å²) in [6.45, 7) is 2.92. The van der Waals surface area contributed by atoms with E-state index in [-0.39, 0.29) is 41.7 Å². The number of esters is 3. The fraction of sp³-hybridized carbons (Fsp3) is 0.500. The number of piperidine rings is 1. The molecule has 2 fully saturated rings. The molecule has 32 heavy (non-hydrogen) atoms. The second kappa shape index (κ2) is 9.90. The highest BCUT2D eigenvalue weighted by atomic mass is 16.5. The molecule has 1 aromatic rings. The van der Waals surface area contributed by atoms with Crippen molar-refractivity contribution in [3.63, 3.8) is 0 Å². The number of amides is 2. The first-order valence-electron chi connectivity index (χ1n) is 10.4. The van der Waals surface area contributed by atoms with Gasteiger partial charge in [-0.25, -0.2) is 14.5 Å². The van der Waals surface area contributed by atoms with Crippen molar-refractivity contribution in [2.75, 3.05) is 38.8 Å². The Morgan fingerprint density at radius 1 is 1.03 bits per heavy atom. The van der Waals surface area contributed by atoms with E-state index >= 15 is 0 Å². The molecule has 10 heteroatoms. The zero-order valence-corrected chi connectivity index (χ0v) is 18.3. The number of nitrogens with zero attached hydrogens (tertiary/aromatic N) is 2. The first-order valence-corrected chi connectivity index (χ1v) is 10.4. The second-order valence-corrected chi connectivity index (χ2v) is 7.63. The van der Waals surface area contributed by atoms with E-state index in [1.807, 2.05) is 4.90 Å². The Morgan fingerprint density at radius 3 is 2.22 bits per heavy atom. The predicted molar refractivity (Wildman–Crippen MR) is 111 cm³/mol. The maximum Gasteiger partial charge on any atom is 0.337 e. The lowest BCUT2D eigenvalue weighted by atomic mass is 9.96. The van der Waals surface area contributed by atoms with Crippen molar-refractivity contribution in [3.8, 4) is 0 Å². The molecule has 10 nitrogen and oxygen atoms in total. The summed E-state index contributed by atoms with van der Waals surface area (Å²) in [6, 6.07) is 3.20. The fourth-order valence-corrected chi connectivity index (χ4v) is 4.13. The number of likely N-dealkylation sites (tertiary alicyclic amines) is 1. The van der Waals surface area contributed by atoms with E-state index in [2.05, 4.69) is 0 Å². The number of imide groups is 1. The van der Waals surface area contributed by atoms with Crippen LogP contribution >= 0.6 is 0 Å². The van der Waals surface area contributed by atoms with Crippen LogP contribution in [0.25, 0.3) is 0 Å². The van der Waals surface area contributed by atoms with Gasteiger partial charge in [0, 0.05) is 6.54 Å². The number of ether oxygens (including phenoxy) is 3. The summed E-state index contributed by atoms with van der Waals surface area (Å²) in [5.41, 5.74) is 0.106. The van der Waals surface area contributed by atoms with Gasteiger partial charge in [0.05, 0.1) is 56.0 Å². The van der Waals surface area contributed by atoms with Crippen LogP contribution in [0.15, 0.2) is 18.2 Å². The highest BCUT2D eigenvalue weighted by Crippen LogP contribution is 2.30. The van der Waals surface area contributed by atoms with Crippen molar-refractivity contribution in [3.05, 3.63) is 29.3 Å². The Hall–Kier alpha value is -3.27. The number of hydrogen-bond donors (Lipinski definition) is 0. The fourth-order valence-electron chi connectivity index (χ4n) is 4.13. The quantitative estimate of drug-likeness (QED) is 0.360. The van der Waals surface area contributed by atoms with E-state index in [0.29, 0.717) is 25.9 Å². The summed E-state index contributed by atoms with van der Waals surface area (Å²) < 4.78 is 14.5. The molecule has 0 unspecified atom stereocenters. The van der Waals surface area contributed by atoms with Crippen LogP contribution in [0, 0.1) is 5.92 Å². The van der Waals surface area contributed by atoms with Gasteiger partial charge in [-0.05, 0) is 44.5 Å². The van der Waals surface area contributed by atoms with Crippen LogP contribution in [0.4, 0.5) is 5.69 Å². The van der Waals surface area contributed by atoms with E-state index in [9.17, 15) is 24.0 Å². The number of anilines is 1. The molecule has 0 bridgehead atoms. The SMILES string of the molecule is CCOC(=O)[C@@H]1CCCN([C@@H]2CC(=O)N(c3cc(C(=O)OC)cc(C(=O)OC)c3)C2=O)C1. The molecule has 2 amide bonds. The molecule has 0 aromatic heterocycles. The van der Waals surface area contributed by atoms with Crippen LogP contribution in [-0.4, -0.2) is 74.6 Å². The summed E-state index contributed by atoms with van der Waals surface area (Å²) in [5.74, 6) is -3.04. The molecule has 2 aliphatic rings. The summed E-state index contributed by atoms with van der Waals surface area (Å²) in [5, 5.41) is 0. The normalized spacial score (nSPS) is 21.4. The Kier molecular flexibility index (Phi) is 7.24. The molecular formula is C22H26N2O8. The number of carbonyl (C=O) groups is 5. The predicted octanol–water partition coefficient (Wildman–Crippen LogP) is 1.17. The molecule has 0 saturated carbocycles. The van der Waals surface area contributed by atoms with Gasteiger partial charge in [0.25, 0.3) is 5.91 Å². The third kappa shape index (κ3) is 4.64. The van der Waals surface area contributed by atoms with E-state index in [1.54, 1.807) is 6.92 Å². The van der Waals surface area contributed by atoms with Crippen LogP contribution < -0.4 is 4.90 Å². The number of carbonyl (C=O) groups excluding carboxylic acids is 5. The minimum Gasteiger partial charge on any atom is -0.466 e. The molecule has 1 aromatic carbocycles. The molecular weight excluding hydrogens is 420 g/mol. The third-order valence-corrected chi connectivity index (χ3v) is 5.65. The number of rotatable bonds is 6. The van der Waals surface area contributed by atoms with Crippen LogP contribution in [0.2, 0.25) is 0 Å². The Morgan fingerprint density at radius 2 is 1.66 bits per heavy atom. The topological polar surface area (TPSA) is 120 Å². The monoisotopic (exact) mass is 446 g/mol. The first kappa shape index (κ1) is 23.4. The molecule has 0 radical (unpaired) electrons. The highest BCUT2D eigenvalue weighted by molar-refractivity contribution is 6.23. The molecule has 0 aliphatic carbocycles. The Bertz CT molecular complexity index is 910. The number of methoxy groups -OCH3 is 2. The minimum atomic E-state index is -0.733. The zero-order valence-electron chi connectivity index (χ0n) is 18.3. The van der Waals surface area contributed by atoms with E-state index in [1.165, 1.54) is 32.4 Å². The summed E-state index contributed by atoms with van der Waals surface area (Å²) in [7, 11) is 2.37. The molecule has 2 atom stereocenters. The summed E-state index contributed by atoms with van der Waals surface area (Å²) >= 11 is 0. The van der Waals surface area contributed by atoms with Gasteiger partial charge in [-0.1, -0.05) is 0 Å². The molecule has 3 rings (SSSR count). The minimum absolute atomic E-state index is 0.00907. The van der Waals surface area contributed by atoms with E-state index in [0.717, 1.165) is 4.90 Å². The highest BCUT2D eigenvalue weighted by Gasteiger charge is 2.45. The van der Waals surface area contributed by atoms with Gasteiger partial charge in [-0.3, -0.25) is 19.3 Å².